The van der Waals surface area contributed by atoms with E-state index in [4.69, 9.17) is 0 Å². The Morgan fingerprint density at radius 3 is 2.27 bits per heavy atom. The first-order chi connectivity index (χ1) is 7.18. The highest BCUT2D eigenvalue weighted by Gasteiger charge is 2.30. The molecule has 0 N–H and O–H groups in total. The van der Waals surface area contributed by atoms with Crippen LogP contribution in [0.25, 0.3) is 0 Å². The van der Waals surface area contributed by atoms with Crippen LogP contribution in [0.15, 0.2) is 40.4 Å². The van der Waals surface area contributed by atoms with Gasteiger partial charge in [-0.15, -0.1) is 0 Å². The van der Waals surface area contributed by atoms with Gasteiger partial charge in [0.2, 0.25) is 0 Å². The smallest absolute Gasteiger partial charge is 0.353 e. The molecule has 0 saturated carbocycles. The summed E-state index contributed by atoms with van der Waals surface area (Å²) in [5.74, 6) is -1.17. The minimum absolute atomic E-state index is 0.233. The van der Waals surface area contributed by atoms with E-state index in [1.54, 1.807) is 0 Å². The molecule has 1 aromatic carbocycles. The first-order valence-electron chi connectivity index (χ1n) is 4.37. The average molecular weight is 267 g/mol. The van der Waals surface area contributed by atoms with Crippen molar-refractivity contribution in [3.8, 4) is 0 Å². The molecule has 1 aliphatic heterocycles. The van der Waals surface area contributed by atoms with Crippen LogP contribution in [-0.4, -0.2) is 11.9 Å². The van der Waals surface area contributed by atoms with E-state index in [1.165, 1.54) is 0 Å². The van der Waals surface area contributed by atoms with E-state index in [9.17, 15) is 9.59 Å². The molecule has 4 heteroatoms. The topological polar surface area (TPSA) is 43.4 Å². The molecule has 0 aromatic heterocycles. The third-order valence-corrected chi connectivity index (χ3v) is 2.90. The van der Waals surface area contributed by atoms with Crippen molar-refractivity contribution in [2.45, 2.75) is 6.42 Å². The van der Waals surface area contributed by atoms with Gasteiger partial charge in [-0.2, -0.15) is 0 Å². The normalized spacial score (nSPS) is 15.8. The Labute approximate surface area is 94.9 Å². The van der Waals surface area contributed by atoms with Gasteiger partial charge >= 0.3 is 11.9 Å². The van der Waals surface area contributed by atoms with Crippen molar-refractivity contribution in [1.82, 2.24) is 0 Å². The third kappa shape index (κ3) is 1.99. The summed E-state index contributed by atoms with van der Waals surface area (Å²) in [6, 6.07) is 9.44. The zero-order valence-corrected chi connectivity index (χ0v) is 9.28. The summed E-state index contributed by atoms with van der Waals surface area (Å²) in [5, 5.41) is 0. The van der Waals surface area contributed by atoms with Crippen molar-refractivity contribution in [1.29, 1.82) is 0 Å². The number of cyclic esters (lactones) is 2. The summed E-state index contributed by atoms with van der Waals surface area (Å²) < 4.78 is 4.69. The Bertz CT molecular complexity index is 448. The van der Waals surface area contributed by atoms with Crippen LogP contribution in [0, 0.1) is 0 Å². The second-order valence-electron chi connectivity index (χ2n) is 3.13. The van der Waals surface area contributed by atoms with Gasteiger partial charge in [0.1, 0.15) is 4.48 Å². The minimum Gasteiger partial charge on any atom is -0.385 e. The molecule has 1 heterocycles. The molecule has 0 bridgehead atoms. The van der Waals surface area contributed by atoms with E-state index in [0.717, 1.165) is 5.56 Å². The SMILES string of the molecule is O=C1OC(=O)C(Cc2ccccc2)=C1Br. The molecule has 1 aliphatic rings. The molecule has 3 nitrogen and oxygen atoms in total. The molecule has 0 spiro atoms. The van der Waals surface area contributed by atoms with Gasteiger partial charge in [-0.25, -0.2) is 9.59 Å². The van der Waals surface area contributed by atoms with Crippen molar-refractivity contribution in [3.63, 3.8) is 0 Å². The summed E-state index contributed by atoms with van der Waals surface area (Å²) >= 11 is 3.05. The fraction of sp³-hybridized carbons (Fsp3) is 0.0909. The van der Waals surface area contributed by atoms with Gasteiger partial charge in [-0.05, 0) is 21.5 Å². The quantitative estimate of drug-likeness (QED) is 0.607. The lowest BCUT2D eigenvalue weighted by Crippen LogP contribution is -2.03. The zero-order chi connectivity index (χ0) is 10.8. The maximum atomic E-state index is 11.3. The molecule has 0 saturated heterocycles. The fourth-order valence-corrected chi connectivity index (χ4v) is 1.74. The molecule has 0 atom stereocenters. The van der Waals surface area contributed by atoms with Crippen molar-refractivity contribution in [2.24, 2.45) is 0 Å². The molecule has 0 unspecified atom stereocenters. The Balaban J connectivity index is 2.27. The van der Waals surface area contributed by atoms with Gasteiger partial charge in [0, 0.05) is 6.42 Å². The molecular weight excluding hydrogens is 260 g/mol. The lowest BCUT2D eigenvalue weighted by atomic mass is 10.1. The molecule has 0 amide bonds. The number of rotatable bonds is 2. The number of ether oxygens (including phenoxy) is 1. The van der Waals surface area contributed by atoms with Crippen LogP contribution >= 0.6 is 15.9 Å². The number of benzene rings is 1. The summed E-state index contributed by atoms with van der Waals surface area (Å²) in [6.45, 7) is 0. The Morgan fingerprint density at radius 2 is 1.73 bits per heavy atom. The standard InChI is InChI=1S/C11H7BrO3/c12-9-8(10(13)15-11(9)14)6-7-4-2-1-3-5-7/h1-5H,6H2. The van der Waals surface area contributed by atoms with Crippen LogP contribution in [0.1, 0.15) is 5.56 Å². The van der Waals surface area contributed by atoms with Crippen molar-refractivity contribution in [3.05, 3.63) is 46.0 Å². The predicted molar refractivity (Wildman–Crippen MR) is 57.2 cm³/mol. The molecule has 0 radical (unpaired) electrons. The maximum Gasteiger partial charge on any atom is 0.353 e. The van der Waals surface area contributed by atoms with Crippen molar-refractivity contribution >= 4 is 27.9 Å². The second kappa shape index (κ2) is 3.98. The predicted octanol–water partition coefficient (Wildman–Crippen LogP) is 1.96. The van der Waals surface area contributed by atoms with Gasteiger partial charge in [-0.1, -0.05) is 30.3 Å². The lowest BCUT2D eigenvalue weighted by molar-refractivity contribution is -0.150. The Kier molecular flexibility index (Phi) is 2.68. The molecule has 76 valence electrons. The van der Waals surface area contributed by atoms with Crippen LogP contribution in [0.3, 0.4) is 0 Å². The highest BCUT2D eigenvalue weighted by Crippen LogP contribution is 2.25. The number of hydrogen-bond donors (Lipinski definition) is 0. The van der Waals surface area contributed by atoms with Gasteiger partial charge in [-0.3, -0.25) is 0 Å². The summed E-state index contributed by atoms with van der Waals surface area (Å²) in [5.41, 5.74) is 1.35. The molecule has 0 aliphatic carbocycles. The third-order valence-electron chi connectivity index (χ3n) is 2.10. The molecule has 15 heavy (non-hydrogen) atoms. The number of halogens is 1. The number of carbonyl (C=O) groups excluding carboxylic acids is 2. The van der Waals surface area contributed by atoms with Crippen molar-refractivity contribution < 1.29 is 14.3 Å². The highest BCUT2D eigenvalue weighted by molar-refractivity contribution is 9.12. The maximum absolute atomic E-state index is 11.3. The van der Waals surface area contributed by atoms with Gasteiger partial charge in [0.05, 0.1) is 5.57 Å². The average Bonchev–Trinajstić information content (AvgIpc) is 2.47. The molecule has 1 aromatic rings. The summed E-state index contributed by atoms with van der Waals surface area (Å²) in [7, 11) is 0. The van der Waals surface area contributed by atoms with Gasteiger partial charge < -0.3 is 4.74 Å². The van der Waals surface area contributed by atoms with E-state index < -0.39 is 11.9 Å². The Hall–Kier alpha value is -1.42. The largest absolute Gasteiger partial charge is 0.385 e. The van der Waals surface area contributed by atoms with Gasteiger partial charge in [0.25, 0.3) is 0 Å². The van der Waals surface area contributed by atoms with E-state index in [1.807, 2.05) is 30.3 Å². The molecule has 2 rings (SSSR count). The fourth-order valence-electron chi connectivity index (χ4n) is 1.35. The number of hydrogen-bond acceptors (Lipinski definition) is 3. The van der Waals surface area contributed by atoms with Crippen LogP contribution in [-0.2, 0) is 20.7 Å². The lowest BCUT2D eigenvalue weighted by Gasteiger charge is -1.98. The van der Waals surface area contributed by atoms with E-state index in [0.29, 0.717) is 12.0 Å². The molecular formula is C11H7BrO3. The second-order valence-corrected chi connectivity index (χ2v) is 3.92. The van der Waals surface area contributed by atoms with E-state index >= 15 is 0 Å². The van der Waals surface area contributed by atoms with Crippen molar-refractivity contribution in [2.75, 3.05) is 0 Å². The number of esters is 2. The van der Waals surface area contributed by atoms with Gasteiger partial charge in [0.15, 0.2) is 0 Å². The summed E-state index contributed by atoms with van der Waals surface area (Å²) in [6.07, 6.45) is 0.409. The minimum atomic E-state index is -0.606. The van der Waals surface area contributed by atoms with Crippen LogP contribution in [0.5, 0.6) is 0 Å². The Morgan fingerprint density at radius 1 is 1.07 bits per heavy atom. The zero-order valence-electron chi connectivity index (χ0n) is 7.70. The van der Waals surface area contributed by atoms with E-state index in [-0.39, 0.29) is 4.48 Å². The molecule has 0 fully saturated rings. The summed E-state index contributed by atoms with van der Waals surface area (Å²) in [4.78, 5) is 22.3. The van der Waals surface area contributed by atoms with Crippen LogP contribution in [0.4, 0.5) is 0 Å². The van der Waals surface area contributed by atoms with Crippen LogP contribution < -0.4 is 0 Å². The van der Waals surface area contributed by atoms with E-state index in [2.05, 4.69) is 20.7 Å². The monoisotopic (exact) mass is 266 g/mol. The number of carbonyl (C=O) groups is 2. The first-order valence-corrected chi connectivity index (χ1v) is 5.17. The first kappa shape index (κ1) is 10.1. The van der Waals surface area contributed by atoms with Crippen LogP contribution in [0.2, 0.25) is 0 Å². The highest BCUT2D eigenvalue weighted by atomic mass is 79.9.